The van der Waals surface area contributed by atoms with Crippen molar-refractivity contribution in [1.82, 2.24) is 0 Å². The number of rotatable bonds is 5. The highest BCUT2D eigenvalue weighted by molar-refractivity contribution is 7.16. The molecule has 5 nitrogen and oxygen atoms in total. The maximum atomic E-state index is 12.6. The van der Waals surface area contributed by atoms with Crippen molar-refractivity contribution in [3.05, 3.63) is 45.8 Å². The zero-order valence-electron chi connectivity index (χ0n) is 16.3. The number of amides is 1. The van der Waals surface area contributed by atoms with Gasteiger partial charge in [-0.05, 0) is 57.5 Å². The number of carbonyl (C=O) groups is 1. The first kappa shape index (κ1) is 19.4. The molecule has 2 aromatic rings. The molecule has 27 heavy (non-hydrogen) atoms. The number of benzene rings is 1. The molecule has 1 unspecified atom stereocenters. The summed E-state index contributed by atoms with van der Waals surface area (Å²) >= 11 is 1.54. The second-order valence-corrected chi connectivity index (χ2v) is 8.56. The Labute approximate surface area is 164 Å². The van der Waals surface area contributed by atoms with Crippen LogP contribution >= 0.6 is 11.3 Å². The summed E-state index contributed by atoms with van der Waals surface area (Å²) in [4.78, 5) is 15.4. The van der Waals surface area contributed by atoms with Crippen molar-refractivity contribution in [3.8, 4) is 11.8 Å². The topological polar surface area (TPSA) is 66.6 Å². The molecule has 0 radical (unpaired) electrons. The number of ether oxygens (including phenoxy) is 1. The molecule has 1 aromatic heterocycles. The minimum atomic E-state index is -0.200. The third-order valence-electron chi connectivity index (χ3n) is 4.82. The van der Waals surface area contributed by atoms with Crippen molar-refractivity contribution in [2.24, 2.45) is 0 Å². The van der Waals surface area contributed by atoms with Crippen LogP contribution in [-0.2, 0) is 13.0 Å². The average molecular weight is 385 g/mol. The molecule has 1 aliphatic rings. The zero-order chi connectivity index (χ0) is 19.6. The Balaban J connectivity index is 1.78. The van der Waals surface area contributed by atoms with Crippen LogP contribution in [0.2, 0.25) is 0 Å². The van der Waals surface area contributed by atoms with E-state index in [0.29, 0.717) is 22.2 Å². The fourth-order valence-corrected chi connectivity index (χ4v) is 4.58. The van der Waals surface area contributed by atoms with Gasteiger partial charge in [-0.3, -0.25) is 4.79 Å². The summed E-state index contributed by atoms with van der Waals surface area (Å²) in [6.07, 6.45) is 0.979. The molecule has 0 bridgehead atoms. The molecule has 2 N–H and O–H groups in total. The number of nitrogens with one attached hydrogen (secondary N) is 2. The molecule has 0 saturated carbocycles. The van der Waals surface area contributed by atoms with E-state index in [1.807, 2.05) is 13.8 Å². The predicted molar refractivity (Wildman–Crippen MR) is 108 cm³/mol. The van der Waals surface area contributed by atoms with Gasteiger partial charge in [-0.2, -0.15) is 5.26 Å². The number of nitrogens with zero attached hydrogens (tertiary/aromatic N) is 1. The van der Waals surface area contributed by atoms with E-state index in [-0.39, 0.29) is 12.0 Å². The number of quaternary nitrogens is 1. The number of hydrogen-bond donors (Lipinski definition) is 2. The van der Waals surface area contributed by atoms with Gasteiger partial charge in [0, 0.05) is 12.0 Å². The summed E-state index contributed by atoms with van der Waals surface area (Å²) in [6.45, 7) is 10.3. The molecule has 142 valence electrons. The van der Waals surface area contributed by atoms with E-state index in [2.05, 4.69) is 25.2 Å². The first-order valence-electron chi connectivity index (χ1n) is 9.36. The fraction of sp³-hybridized carbons (Fsp3) is 0.429. The molecule has 3 rings (SSSR count). The predicted octanol–water partition coefficient (Wildman–Crippen LogP) is 3.01. The SMILES string of the molecule is CC(C)Oc1ccc(C(=O)Nc2sc3c(c2C#N)CC[NH+](C(C)C)C3)cc1. The van der Waals surface area contributed by atoms with E-state index < -0.39 is 0 Å². The Bertz CT molecular complexity index is 863. The molecular weight excluding hydrogens is 358 g/mol. The van der Waals surface area contributed by atoms with Crippen LogP contribution < -0.4 is 15.0 Å². The Morgan fingerprint density at radius 2 is 1.96 bits per heavy atom. The molecule has 0 saturated heterocycles. The van der Waals surface area contributed by atoms with Crippen molar-refractivity contribution in [2.45, 2.75) is 52.8 Å². The Hall–Kier alpha value is -2.36. The summed E-state index contributed by atoms with van der Waals surface area (Å²) in [7, 11) is 0. The monoisotopic (exact) mass is 384 g/mol. The number of hydrogen-bond acceptors (Lipinski definition) is 4. The first-order valence-corrected chi connectivity index (χ1v) is 10.2. The molecule has 1 atom stereocenters. The second kappa shape index (κ2) is 8.12. The van der Waals surface area contributed by atoms with Crippen LogP contribution in [0, 0.1) is 11.3 Å². The highest BCUT2D eigenvalue weighted by Crippen LogP contribution is 2.34. The van der Waals surface area contributed by atoms with Crippen LogP contribution in [0.3, 0.4) is 0 Å². The van der Waals surface area contributed by atoms with Gasteiger partial charge in [0.15, 0.2) is 0 Å². The number of nitriles is 1. The maximum absolute atomic E-state index is 12.6. The van der Waals surface area contributed by atoms with Crippen LogP contribution in [0.4, 0.5) is 5.00 Å². The third-order valence-corrected chi connectivity index (χ3v) is 5.97. The van der Waals surface area contributed by atoms with E-state index >= 15 is 0 Å². The van der Waals surface area contributed by atoms with Gasteiger partial charge in [-0.15, -0.1) is 11.3 Å². The second-order valence-electron chi connectivity index (χ2n) is 7.45. The van der Waals surface area contributed by atoms with Crippen molar-refractivity contribution in [3.63, 3.8) is 0 Å². The Morgan fingerprint density at radius 1 is 1.26 bits per heavy atom. The lowest BCUT2D eigenvalue weighted by atomic mass is 10.0. The minimum Gasteiger partial charge on any atom is -0.491 e. The van der Waals surface area contributed by atoms with Crippen molar-refractivity contribution >= 4 is 22.2 Å². The molecular formula is C21H26N3O2S+. The zero-order valence-corrected chi connectivity index (χ0v) is 17.1. The van der Waals surface area contributed by atoms with Gasteiger partial charge in [0.05, 0.1) is 29.1 Å². The van der Waals surface area contributed by atoms with Gasteiger partial charge in [-0.25, -0.2) is 0 Å². The molecule has 6 heteroatoms. The van der Waals surface area contributed by atoms with Crippen LogP contribution in [0.1, 0.15) is 54.1 Å². The summed E-state index contributed by atoms with van der Waals surface area (Å²) in [6, 6.07) is 9.94. The lowest BCUT2D eigenvalue weighted by Crippen LogP contribution is -3.14. The summed E-state index contributed by atoms with van der Waals surface area (Å²) in [5, 5.41) is 13.2. The van der Waals surface area contributed by atoms with Gasteiger partial charge in [-0.1, -0.05) is 0 Å². The van der Waals surface area contributed by atoms with Gasteiger partial charge in [0.25, 0.3) is 5.91 Å². The lowest BCUT2D eigenvalue weighted by molar-refractivity contribution is -0.936. The van der Waals surface area contributed by atoms with Gasteiger partial charge >= 0.3 is 0 Å². The number of anilines is 1. The van der Waals surface area contributed by atoms with Crippen LogP contribution in [0.5, 0.6) is 5.75 Å². The number of carbonyl (C=O) groups excluding carboxylic acids is 1. The molecule has 0 fully saturated rings. The molecule has 2 heterocycles. The van der Waals surface area contributed by atoms with E-state index in [9.17, 15) is 10.1 Å². The van der Waals surface area contributed by atoms with Gasteiger partial charge in [0.1, 0.15) is 23.4 Å². The summed E-state index contributed by atoms with van der Waals surface area (Å²) in [5.74, 6) is 0.539. The van der Waals surface area contributed by atoms with Crippen molar-refractivity contribution in [2.75, 3.05) is 11.9 Å². The van der Waals surface area contributed by atoms with Crippen molar-refractivity contribution < 1.29 is 14.4 Å². The van der Waals surface area contributed by atoms with Crippen LogP contribution in [-0.4, -0.2) is 24.6 Å². The van der Waals surface area contributed by atoms with Gasteiger partial charge < -0.3 is 15.0 Å². The highest BCUT2D eigenvalue weighted by Gasteiger charge is 2.28. The largest absolute Gasteiger partial charge is 0.491 e. The van der Waals surface area contributed by atoms with Gasteiger partial charge in [0.2, 0.25) is 0 Å². The Morgan fingerprint density at radius 3 is 2.56 bits per heavy atom. The van der Waals surface area contributed by atoms with Crippen molar-refractivity contribution in [1.29, 1.82) is 5.26 Å². The first-order chi connectivity index (χ1) is 12.9. The van der Waals surface area contributed by atoms with E-state index in [1.54, 1.807) is 35.6 Å². The molecule has 1 aliphatic heterocycles. The molecule has 1 amide bonds. The lowest BCUT2D eigenvalue weighted by Gasteiger charge is -2.27. The average Bonchev–Trinajstić information content (AvgIpc) is 2.97. The smallest absolute Gasteiger partial charge is 0.256 e. The standard InChI is InChI=1S/C21H25N3O2S/c1-13(2)24-10-9-17-18(11-22)21(27-19(17)12-24)23-20(25)15-5-7-16(8-6-15)26-14(3)4/h5-8,13-14H,9-10,12H2,1-4H3,(H,23,25)/p+1. The Kier molecular flexibility index (Phi) is 5.83. The third kappa shape index (κ3) is 4.32. The maximum Gasteiger partial charge on any atom is 0.256 e. The fourth-order valence-electron chi connectivity index (χ4n) is 3.33. The quantitative estimate of drug-likeness (QED) is 0.833. The normalized spacial score (nSPS) is 16.1. The molecule has 0 aliphatic carbocycles. The highest BCUT2D eigenvalue weighted by atomic mass is 32.1. The molecule has 1 aromatic carbocycles. The molecule has 0 spiro atoms. The minimum absolute atomic E-state index is 0.0906. The summed E-state index contributed by atoms with van der Waals surface area (Å²) < 4.78 is 5.61. The van der Waals surface area contributed by atoms with Crippen LogP contribution in [0.25, 0.3) is 0 Å². The van der Waals surface area contributed by atoms with Crippen LogP contribution in [0.15, 0.2) is 24.3 Å². The number of fused-ring (bicyclic) bond motifs is 1. The number of thiophene rings is 1. The van der Waals surface area contributed by atoms with E-state index in [4.69, 9.17) is 4.74 Å². The van der Waals surface area contributed by atoms with E-state index in [1.165, 1.54) is 9.78 Å². The van der Waals surface area contributed by atoms with E-state index in [0.717, 1.165) is 30.8 Å². The summed E-state index contributed by atoms with van der Waals surface area (Å²) in [5.41, 5.74) is 2.30.